The summed E-state index contributed by atoms with van der Waals surface area (Å²) in [6.45, 7) is 4.04. The van der Waals surface area contributed by atoms with Gasteiger partial charge in [-0.2, -0.15) is 0 Å². The van der Waals surface area contributed by atoms with Crippen LogP contribution < -0.4 is 43.8 Å². The van der Waals surface area contributed by atoms with Crippen molar-refractivity contribution in [2.45, 2.75) is 0 Å². The molecule has 4 heterocycles. The van der Waals surface area contributed by atoms with Gasteiger partial charge < -0.3 is 63.4 Å². The molecule has 245 valence electrons. The largest absolute Gasteiger partial charge is 2.00 e. The van der Waals surface area contributed by atoms with Crippen LogP contribution in [-0.4, -0.2) is 124 Å². The number of aromatic nitrogens is 2. The van der Waals surface area contributed by atoms with E-state index in [2.05, 4.69) is 79.7 Å². The van der Waals surface area contributed by atoms with E-state index in [0.29, 0.717) is 0 Å². The molecule has 0 N–H and O–H groups in total. The van der Waals surface area contributed by atoms with Gasteiger partial charge in [0.2, 0.25) is 11.9 Å². The van der Waals surface area contributed by atoms with Crippen LogP contribution >= 0.6 is 0 Å². The van der Waals surface area contributed by atoms with Gasteiger partial charge in [-0.1, -0.05) is 24.3 Å². The minimum Gasteiger partial charge on any atom is -1.00 e. The Morgan fingerprint density at radius 1 is 0.556 bits per heavy atom. The van der Waals surface area contributed by atoms with E-state index in [1.54, 1.807) is 0 Å². The number of halogens is 2. The van der Waals surface area contributed by atoms with Gasteiger partial charge in [0, 0.05) is 117 Å². The monoisotopic (exact) mass is 787 g/mol. The molecule has 1 radical (unpaired) electrons. The maximum absolute atomic E-state index is 4.84. The molecule has 2 aliphatic rings. The van der Waals surface area contributed by atoms with E-state index >= 15 is 0 Å². The van der Waals surface area contributed by atoms with E-state index in [9.17, 15) is 0 Å². The Bertz CT molecular complexity index is 1500. The average Bonchev–Trinajstić information content (AvgIpc) is 3.47. The number of likely N-dealkylation sites (N-methyl/N-ethyl adjacent to an activating group) is 4. The number of hydrogen-bond donors (Lipinski definition) is 0. The minimum atomic E-state index is 0. The topological polar surface area (TPSA) is 69.9 Å². The van der Waals surface area contributed by atoms with Crippen LogP contribution in [0.5, 0.6) is 0 Å². The van der Waals surface area contributed by atoms with Crippen LogP contribution in [0, 0.1) is 0 Å². The van der Waals surface area contributed by atoms with Crippen LogP contribution in [0.3, 0.4) is 0 Å². The Morgan fingerprint density at radius 2 is 0.889 bits per heavy atom. The van der Waals surface area contributed by atoms with Crippen molar-refractivity contribution >= 4 is 56.5 Å². The first-order valence-corrected chi connectivity index (χ1v) is 14.3. The van der Waals surface area contributed by atoms with Gasteiger partial charge in [-0.15, -0.1) is 0 Å². The molecule has 10 nitrogen and oxygen atoms in total. The van der Waals surface area contributed by atoms with Crippen LogP contribution in [0.1, 0.15) is 0 Å². The van der Waals surface area contributed by atoms with Crippen molar-refractivity contribution in [1.29, 1.82) is 0 Å². The Kier molecular flexibility index (Phi) is 13.9. The number of benzene rings is 2. The Hall–Kier alpha value is -3.12. The van der Waals surface area contributed by atoms with Crippen LogP contribution in [0.25, 0.3) is 21.8 Å². The summed E-state index contributed by atoms with van der Waals surface area (Å²) >= 11 is 0. The summed E-state index contributed by atoms with van der Waals surface area (Å²) in [7, 11) is 16.5. The third-order valence-electron chi connectivity index (χ3n) is 7.77. The molecule has 2 aromatic carbocycles. The first-order valence-electron chi connectivity index (χ1n) is 14.3. The number of hydrogen-bond acceptors (Lipinski definition) is 6. The van der Waals surface area contributed by atoms with Crippen LogP contribution in [0.4, 0.5) is 22.7 Å². The fourth-order valence-corrected chi connectivity index (χ4v) is 5.39. The fraction of sp³-hybridized carbons (Fsp3) is 0.375. The molecule has 0 aliphatic carbocycles. The Morgan fingerprint density at radius 3 is 1.20 bits per heavy atom. The molecule has 6 rings (SSSR count). The maximum Gasteiger partial charge on any atom is 2.00 e. The molecule has 2 aliphatic heterocycles. The predicted molar refractivity (Wildman–Crippen MR) is 177 cm³/mol. The smallest absolute Gasteiger partial charge is 1.00 e. The maximum atomic E-state index is 4.84. The molecular weight excluding hydrogens is 748 g/mol. The van der Waals surface area contributed by atoms with Crippen LogP contribution in [0.15, 0.2) is 70.9 Å². The molecule has 2 aromatic heterocycles. The number of pyridine rings is 2. The molecule has 0 bridgehead atoms. The molecule has 45 heavy (non-hydrogen) atoms. The first-order chi connectivity index (χ1) is 20.2. The van der Waals surface area contributed by atoms with E-state index < -0.39 is 0 Å². The van der Waals surface area contributed by atoms with Crippen molar-refractivity contribution in [2.24, 2.45) is 9.98 Å². The second-order valence-corrected chi connectivity index (χ2v) is 11.3. The number of guanidine groups is 2. The third kappa shape index (κ3) is 8.19. The first kappa shape index (κ1) is 38.1. The molecule has 0 amide bonds. The molecule has 0 spiro atoms. The second kappa shape index (κ2) is 16.4. The Labute approximate surface area is 298 Å². The van der Waals surface area contributed by atoms with Crippen molar-refractivity contribution in [1.82, 2.24) is 29.6 Å². The summed E-state index contributed by atoms with van der Waals surface area (Å²) in [6, 6.07) is 16.4. The molecule has 2 fully saturated rings. The summed E-state index contributed by atoms with van der Waals surface area (Å²) in [5.74, 6) is 2.00. The summed E-state index contributed by atoms with van der Waals surface area (Å²) in [5.41, 5.74) is 6.07. The summed E-state index contributed by atoms with van der Waals surface area (Å²) in [5, 5.41) is 2.26. The SMILES string of the molecule is CN1CCN(C)C1=Nc1cccc2c(N(C)C)ccnc12.CN1CCN(C)C1=Nc1cccc2c(N(C)C)ccnc12.[Br-].[Br-].[Cu+2]. The van der Waals surface area contributed by atoms with Gasteiger partial charge in [-0.25, -0.2) is 9.98 Å². The summed E-state index contributed by atoms with van der Waals surface area (Å²) < 4.78 is 0. The van der Waals surface area contributed by atoms with Gasteiger partial charge in [0.1, 0.15) is 0 Å². The zero-order valence-corrected chi connectivity index (χ0v) is 31.2. The van der Waals surface area contributed by atoms with Gasteiger partial charge in [0.15, 0.2) is 0 Å². The van der Waals surface area contributed by atoms with Gasteiger partial charge >= 0.3 is 17.1 Å². The van der Waals surface area contributed by atoms with Gasteiger partial charge in [-0.05, 0) is 24.3 Å². The predicted octanol–water partition coefficient (Wildman–Crippen LogP) is -1.66. The van der Waals surface area contributed by atoms with Crippen molar-refractivity contribution in [2.75, 3.05) is 92.4 Å². The number of rotatable bonds is 4. The number of para-hydroxylation sites is 2. The zero-order chi connectivity index (χ0) is 30.0. The van der Waals surface area contributed by atoms with Crippen molar-refractivity contribution in [3.63, 3.8) is 0 Å². The summed E-state index contributed by atoms with van der Waals surface area (Å²) in [4.78, 5) is 31.7. The van der Waals surface area contributed by atoms with Gasteiger partial charge in [-0.3, -0.25) is 9.97 Å². The van der Waals surface area contributed by atoms with Crippen molar-refractivity contribution in [3.05, 3.63) is 60.9 Å². The van der Waals surface area contributed by atoms with E-state index in [1.807, 2.05) is 77.0 Å². The van der Waals surface area contributed by atoms with E-state index in [4.69, 9.17) is 9.98 Å². The van der Waals surface area contributed by atoms with Gasteiger partial charge in [0.05, 0.1) is 22.4 Å². The molecule has 2 saturated heterocycles. The number of fused-ring (bicyclic) bond motifs is 2. The molecule has 13 heteroatoms. The number of anilines is 2. The molecule has 0 unspecified atom stereocenters. The van der Waals surface area contributed by atoms with E-state index in [1.165, 1.54) is 0 Å². The minimum absolute atomic E-state index is 0. The molecule has 0 saturated carbocycles. The fourth-order valence-electron chi connectivity index (χ4n) is 5.39. The average molecular weight is 790 g/mol. The standard InChI is InChI=1S/2C16H21N5.2BrH.Cu/c2*1-19(2)14-8-9-17-15-12(14)6-5-7-13(15)18-16-20(3)10-11-21(16)4;;;/h2*5-9H,10-11H2,1-4H3;2*1H;/q;;;;+2/p-2. The number of nitrogens with zero attached hydrogens (tertiary/aromatic N) is 10. The third-order valence-corrected chi connectivity index (χ3v) is 7.77. The second-order valence-electron chi connectivity index (χ2n) is 11.3. The molecule has 4 aromatic rings. The zero-order valence-electron chi connectivity index (χ0n) is 27.1. The normalized spacial score (nSPS) is 14.0. The molecule has 0 atom stereocenters. The van der Waals surface area contributed by atoms with Crippen LogP contribution in [0.2, 0.25) is 0 Å². The quantitative estimate of drug-likeness (QED) is 0.228. The van der Waals surface area contributed by atoms with Crippen LogP contribution in [-0.2, 0) is 17.1 Å². The number of aliphatic imine (C=N–C) groups is 2. The summed E-state index contributed by atoms with van der Waals surface area (Å²) in [6.07, 6.45) is 3.70. The van der Waals surface area contributed by atoms with Gasteiger partial charge in [0.25, 0.3) is 0 Å². The Balaban J connectivity index is 0.000000294. The van der Waals surface area contributed by atoms with Crippen molar-refractivity contribution in [3.8, 4) is 0 Å². The van der Waals surface area contributed by atoms with Crippen molar-refractivity contribution < 1.29 is 51.0 Å². The van der Waals surface area contributed by atoms with E-state index in [-0.39, 0.29) is 51.0 Å². The van der Waals surface area contributed by atoms with E-state index in [0.717, 1.165) is 82.7 Å². The molecular formula is C32H42Br2CuN10.